The fraction of sp³-hybridized carbons (Fsp3) is 0.300. The molecular formula is C20H20ClN5O3. The van der Waals surface area contributed by atoms with Gasteiger partial charge in [-0.25, -0.2) is 4.98 Å². The number of nitrogens with zero attached hydrogens (tertiary/aromatic N) is 3. The van der Waals surface area contributed by atoms with Crippen LogP contribution in [0, 0.1) is 6.92 Å². The van der Waals surface area contributed by atoms with Gasteiger partial charge in [0.25, 0.3) is 11.8 Å². The van der Waals surface area contributed by atoms with Crippen LogP contribution in [0.2, 0.25) is 5.02 Å². The number of aromatic nitrogens is 3. The van der Waals surface area contributed by atoms with Gasteiger partial charge in [0.05, 0.1) is 16.1 Å². The third-order valence-corrected chi connectivity index (χ3v) is 5.29. The zero-order valence-corrected chi connectivity index (χ0v) is 17.0. The Balaban J connectivity index is 1.84. The highest BCUT2D eigenvalue weighted by Crippen LogP contribution is 2.43. The first-order chi connectivity index (χ1) is 13.9. The number of carbonyl (C=O) groups is 2. The quantitative estimate of drug-likeness (QED) is 0.674. The Morgan fingerprint density at radius 1 is 1.45 bits per heavy atom. The minimum atomic E-state index is -0.291. The highest BCUT2D eigenvalue weighted by Gasteiger charge is 2.26. The number of ether oxygens (including phenoxy) is 1. The predicted molar refractivity (Wildman–Crippen MR) is 111 cm³/mol. The summed E-state index contributed by atoms with van der Waals surface area (Å²) in [7, 11) is 0. The predicted octanol–water partition coefficient (Wildman–Crippen LogP) is 3.95. The Bertz CT molecular complexity index is 1140. The average Bonchev–Trinajstić information content (AvgIpc) is 3.06. The molecule has 1 aliphatic rings. The van der Waals surface area contributed by atoms with E-state index in [9.17, 15) is 9.59 Å². The van der Waals surface area contributed by atoms with Crippen LogP contribution >= 0.6 is 11.6 Å². The molecule has 1 atom stereocenters. The van der Waals surface area contributed by atoms with Crippen molar-refractivity contribution in [3.8, 4) is 5.75 Å². The Morgan fingerprint density at radius 3 is 2.97 bits per heavy atom. The van der Waals surface area contributed by atoms with Gasteiger partial charge in [0.1, 0.15) is 11.4 Å². The van der Waals surface area contributed by atoms with Gasteiger partial charge < -0.3 is 14.6 Å². The maximum absolute atomic E-state index is 12.8. The summed E-state index contributed by atoms with van der Waals surface area (Å²) in [4.78, 5) is 33.2. The van der Waals surface area contributed by atoms with Gasteiger partial charge in [0, 0.05) is 29.6 Å². The monoisotopic (exact) mass is 413 g/mol. The number of carbonyl (C=O) groups excluding carboxylic acids is 2. The molecule has 0 saturated carbocycles. The molecule has 150 valence electrons. The van der Waals surface area contributed by atoms with Crippen molar-refractivity contribution in [1.29, 1.82) is 0 Å². The number of rotatable bonds is 4. The lowest BCUT2D eigenvalue weighted by atomic mass is 10.2. The molecule has 3 heterocycles. The van der Waals surface area contributed by atoms with E-state index in [2.05, 4.69) is 20.6 Å². The second-order valence-electron chi connectivity index (χ2n) is 6.97. The van der Waals surface area contributed by atoms with Crippen molar-refractivity contribution >= 4 is 46.1 Å². The zero-order chi connectivity index (χ0) is 20.7. The van der Waals surface area contributed by atoms with Gasteiger partial charge in [-0.05, 0) is 32.4 Å². The molecule has 8 nitrogen and oxygen atoms in total. The Kier molecular flexibility index (Phi) is 4.87. The summed E-state index contributed by atoms with van der Waals surface area (Å²) in [5.74, 6) is 0.277. The Morgan fingerprint density at radius 2 is 2.24 bits per heavy atom. The fourth-order valence-electron chi connectivity index (χ4n) is 3.30. The molecule has 29 heavy (non-hydrogen) atoms. The van der Waals surface area contributed by atoms with Gasteiger partial charge >= 0.3 is 0 Å². The van der Waals surface area contributed by atoms with Crippen molar-refractivity contribution in [3.63, 3.8) is 0 Å². The maximum atomic E-state index is 12.8. The zero-order valence-electron chi connectivity index (χ0n) is 16.2. The number of halogens is 1. The van der Waals surface area contributed by atoms with Crippen molar-refractivity contribution in [3.05, 3.63) is 40.7 Å². The second kappa shape index (κ2) is 7.36. The van der Waals surface area contributed by atoms with Crippen LogP contribution < -0.4 is 15.4 Å². The van der Waals surface area contributed by atoms with Crippen LogP contribution in [0.3, 0.4) is 0 Å². The van der Waals surface area contributed by atoms with Crippen molar-refractivity contribution < 1.29 is 14.3 Å². The molecule has 9 heteroatoms. The van der Waals surface area contributed by atoms with Crippen LogP contribution in [-0.2, 0) is 4.79 Å². The van der Waals surface area contributed by atoms with Gasteiger partial charge in [0.15, 0.2) is 6.61 Å². The Hall–Kier alpha value is -3.13. The number of imidazole rings is 1. The van der Waals surface area contributed by atoms with Gasteiger partial charge in [0.2, 0.25) is 5.95 Å². The first kappa shape index (κ1) is 19.2. The van der Waals surface area contributed by atoms with Gasteiger partial charge in [-0.1, -0.05) is 18.5 Å². The van der Waals surface area contributed by atoms with Gasteiger partial charge in [-0.2, -0.15) is 0 Å². The highest BCUT2D eigenvalue weighted by atomic mass is 35.5. The van der Waals surface area contributed by atoms with E-state index in [0.29, 0.717) is 39.0 Å². The lowest BCUT2D eigenvalue weighted by Crippen LogP contribution is -2.25. The minimum Gasteiger partial charge on any atom is -0.481 e. The van der Waals surface area contributed by atoms with E-state index < -0.39 is 0 Å². The van der Waals surface area contributed by atoms with E-state index in [1.54, 1.807) is 24.4 Å². The largest absolute Gasteiger partial charge is 0.481 e. The molecule has 4 rings (SSSR count). The molecule has 2 aromatic heterocycles. The third kappa shape index (κ3) is 3.40. The molecule has 0 saturated heterocycles. The van der Waals surface area contributed by atoms with E-state index in [1.165, 1.54) is 0 Å². The lowest BCUT2D eigenvalue weighted by Gasteiger charge is -2.21. The van der Waals surface area contributed by atoms with Crippen LogP contribution in [0.5, 0.6) is 5.75 Å². The number of hydrogen-bond acceptors (Lipinski definition) is 5. The number of aryl methyl sites for hydroxylation is 1. The van der Waals surface area contributed by atoms with Crippen LogP contribution in [0.4, 0.5) is 11.6 Å². The number of hydrogen-bond donors (Lipinski definition) is 2. The van der Waals surface area contributed by atoms with Crippen molar-refractivity contribution in [2.45, 2.75) is 33.2 Å². The summed E-state index contributed by atoms with van der Waals surface area (Å²) in [5, 5.41) is 5.97. The molecule has 0 spiro atoms. The first-order valence-electron chi connectivity index (χ1n) is 9.30. The topological polar surface area (TPSA) is 98.1 Å². The van der Waals surface area contributed by atoms with E-state index in [-0.39, 0.29) is 24.5 Å². The number of anilines is 2. The summed E-state index contributed by atoms with van der Waals surface area (Å²) in [6.45, 7) is 5.79. The number of pyridine rings is 1. The molecule has 0 aliphatic carbocycles. The normalized spacial score (nSPS) is 14.1. The summed E-state index contributed by atoms with van der Waals surface area (Å²) in [5.41, 5.74) is 2.86. The summed E-state index contributed by atoms with van der Waals surface area (Å²) < 4.78 is 7.36. The summed E-state index contributed by atoms with van der Waals surface area (Å²) in [6.07, 6.45) is 2.38. The molecule has 1 aromatic carbocycles. The third-order valence-electron chi connectivity index (χ3n) is 4.92. The second-order valence-corrected chi connectivity index (χ2v) is 7.35. The van der Waals surface area contributed by atoms with E-state index in [0.717, 1.165) is 12.1 Å². The molecule has 1 aliphatic heterocycles. The standard InChI is InChI=1S/C20H20ClN5O3/c1-4-11(3)26-18-13(8-14-17(16(18)21)24-15(27)9-29-14)23-20(26)25-19(28)12-5-6-22-10(2)7-12/h5-8,11H,4,9H2,1-3H3,(H,24,27)(H,23,25,28). The molecule has 0 bridgehead atoms. The minimum absolute atomic E-state index is 0.00485. The average molecular weight is 414 g/mol. The van der Waals surface area contributed by atoms with Crippen LogP contribution in [0.15, 0.2) is 24.4 Å². The van der Waals surface area contributed by atoms with Crippen molar-refractivity contribution in [1.82, 2.24) is 14.5 Å². The molecule has 0 fully saturated rings. The van der Waals surface area contributed by atoms with Gasteiger partial charge in [-0.15, -0.1) is 0 Å². The van der Waals surface area contributed by atoms with E-state index >= 15 is 0 Å². The van der Waals surface area contributed by atoms with E-state index in [4.69, 9.17) is 16.3 Å². The van der Waals surface area contributed by atoms with Crippen LogP contribution in [0.1, 0.15) is 42.4 Å². The molecule has 0 radical (unpaired) electrons. The maximum Gasteiger partial charge on any atom is 0.262 e. The van der Waals surface area contributed by atoms with Crippen LogP contribution in [-0.4, -0.2) is 33.0 Å². The first-order valence-corrected chi connectivity index (χ1v) is 9.68. The lowest BCUT2D eigenvalue weighted by molar-refractivity contribution is -0.118. The SMILES string of the molecule is CCC(C)n1c(NC(=O)c2ccnc(C)c2)nc2cc3c(c(Cl)c21)NC(=O)CO3. The smallest absolute Gasteiger partial charge is 0.262 e. The number of amides is 2. The van der Waals surface area contributed by atoms with E-state index in [1.807, 2.05) is 25.3 Å². The molecular weight excluding hydrogens is 394 g/mol. The number of benzene rings is 1. The van der Waals surface area contributed by atoms with Gasteiger partial charge in [-0.3, -0.25) is 19.9 Å². The molecule has 1 unspecified atom stereocenters. The fourth-order valence-corrected chi connectivity index (χ4v) is 3.63. The molecule has 2 N–H and O–H groups in total. The molecule has 2 amide bonds. The molecule has 3 aromatic rings. The highest BCUT2D eigenvalue weighted by molar-refractivity contribution is 6.39. The van der Waals surface area contributed by atoms with Crippen molar-refractivity contribution in [2.75, 3.05) is 17.2 Å². The summed E-state index contributed by atoms with van der Waals surface area (Å²) in [6, 6.07) is 5.08. The Labute approximate surface area is 172 Å². The van der Waals surface area contributed by atoms with Crippen LogP contribution in [0.25, 0.3) is 11.0 Å². The summed E-state index contributed by atoms with van der Waals surface area (Å²) >= 11 is 6.64. The number of fused-ring (bicyclic) bond motifs is 2. The number of nitrogens with one attached hydrogen (secondary N) is 2. The van der Waals surface area contributed by atoms with Crippen molar-refractivity contribution in [2.24, 2.45) is 0 Å².